The molecular weight excluding hydrogens is 410 g/mol. The van der Waals surface area contributed by atoms with Gasteiger partial charge in [-0.2, -0.15) is 4.31 Å². The fraction of sp³-hybridized carbons (Fsp3) is 0.375. The average molecular weight is 438 g/mol. The first-order chi connectivity index (χ1) is 15.0. The van der Waals surface area contributed by atoms with Crippen molar-refractivity contribution in [2.24, 2.45) is 0 Å². The Morgan fingerprint density at radius 1 is 0.903 bits per heavy atom. The van der Waals surface area contributed by atoms with E-state index >= 15 is 0 Å². The van der Waals surface area contributed by atoms with E-state index in [1.54, 1.807) is 28.6 Å². The Kier molecular flexibility index (Phi) is 5.32. The molecule has 1 aromatic heterocycles. The fourth-order valence-electron chi connectivity index (χ4n) is 4.74. The standard InChI is InChI=1S/C24H27N3O3S/c28-24(26-15-12-23-21(17-26)20-10-3-4-11-22(20)25-23)18-8-7-9-19(16-18)31(29,30)27-13-5-1-2-6-14-27/h3-4,7-11,16,25H,1-2,5-6,12-15,17H2. The zero-order valence-electron chi connectivity index (χ0n) is 17.5. The van der Waals surface area contributed by atoms with Crippen molar-refractivity contribution in [3.63, 3.8) is 0 Å². The molecule has 2 aliphatic rings. The van der Waals surface area contributed by atoms with Crippen molar-refractivity contribution in [2.45, 2.75) is 43.5 Å². The molecule has 1 amide bonds. The Hall–Kier alpha value is -2.64. The molecule has 1 saturated heterocycles. The Morgan fingerprint density at radius 2 is 1.68 bits per heavy atom. The lowest BCUT2D eigenvalue weighted by Crippen LogP contribution is -2.36. The molecule has 0 unspecified atom stereocenters. The summed E-state index contributed by atoms with van der Waals surface area (Å²) in [6.45, 7) is 2.25. The Morgan fingerprint density at radius 3 is 2.48 bits per heavy atom. The third-order valence-corrected chi connectivity index (χ3v) is 8.35. The van der Waals surface area contributed by atoms with Crippen LogP contribution in [0.15, 0.2) is 53.4 Å². The van der Waals surface area contributed by atoms with Crippen LogP contribution < -0.4 is 0 Å². The first kappa shape index (κ1) is 20.3. The molecular formula is C24H27N3O3S. The molecule has 7 heteroatoms. The zero-order valence-corrected chi connectivity index (χ0v) is 18.3. The quantitative estimate of drug-likeness (QED) is 0.675. The van der Waals surface area contributed by atoms with Crippen molar-refractivity contribution in [2.75, 3.05) is 19.6 Å². The lowest BCUT2D eigenvalue weighted by Gasteiger charge is -2.27. The number of sulfonamides is 1. The summed E-state index contributed by atoms with van der Waals surface area (Å²) >= 11 is 0. The third kappa shape index (κ3) is 3.77. The molecule has 3 heterocycles. The maximum Gasteiger partial charge on any atom is 0.254 e. The van der Waals surface area contributed by atoms with Gasteiger partial charge in [0, 0.05) is 60.3 Å². The minimum Gasteiger partial charge on any atom is -0.358 e. The predicted octanol–water partition coefficient (Wildman–Crippen LogP) is 3.93. The van der Waals surface area contributed by atoms with Crippen LogP contribution in [0.3, 0.4) is 0 Å². The summed E-state index contributed by atoms with van der Waals surface area (Å²) in [7, 11) is -3.58. The second kappa shape index (κ2) is 8.13. The van der Waals surface area contributed by atoms with Crippen LogP contribution in [0.1, 0.15) is 47.3 Å². The first-order valence-corrected chi connectivity index (χ1v) is 12.5. The number of hydrogen-bond donors (Lipinski definition) is 1. The van der Waals surface area contributed by atoms with Gasteiger partial charge in [0.05, 0.1) is 4.90 Å². The molecule has 3 aromatic rings. The third-order valence-electron chi connectivity index (χ3n) is 6.45. The van der Waals surface area contributed by atoms with Crippen LogP contribution in [0.2, 0.25) is 0 Å². The number of hydrogen-bond acceptors (Lipinski definition) is 3. The van der Waals surface area contributed by atoms with Gasteiger partial charge in [-0.3, -0.25) is 4.79 Å². The van der Waals surface area contributed by atoms with E-state index in [4.69, 9.17) is 0 Å². The van der Waals surface area contributed by atoms with Crippen molar-refractivity contribution in [1.82, 2.24) is 14.2 Å². The molecule has 0 saturated carbocycles. The van der Waals surface area contributed by atoms with E-state index in [9.17, 15) is 13.2 Å². The lowest BCUT2D eigenvalue weighted by molar-refractivity contribution is 0.0735. The minimum absolute atomic E-state index is 0.121. The molecule has 5 rings (SSSR count). The van der Waals surface area contributed by atoms with E-state index in [0.717, 1.165) is 48.6 Å². The average Bonchev–Trinajstić information content (AvgIpc) is 2.96. The van der Waals surface area contributed by atoms with E-state index in [0.29, 0.717) is 31.7 Å². The maximum atomic E-state index is 13.3. The molecule has 2 aliphatic heterocycles. The number of H-pyrrole nitrogens is 1. The van der Waals surface area contributed by atoms with Crippen molar-refractivity contribution >= 4 is 26.8 Å². The molecule has 0 radical (unpaired) electrons. The molecule has 6 nitrogen and oxygen atoms in total. The largest absolute Gasteiger partial charge is 0.358 e. The molecule has 162 valence electrons. The molecule has 1 fully saturated rings. The number of benzene rings is 2. The second-order valence-electron chi connectivity index (χ2n) is 8.45. The highest BCUT2D eigenvalue weighted by Gasteiger charge is 2.28. The summed E-state index contributed by atoms with van der Waals surface area (Å²) in [6.07, 6.45) is 4.67. The highest BCUT2D eigenvalue weighted by molar-refractivity contribution is 7.89. The monoisotopic (exact) mass is 437 g/mol. The Labute approximate surface area is 182 Å². The van der Waals surface area contributed by atoms with Gasteiger partial charge in [-0.1, -0.05) is 37.1 Å². The van der Waals surface area contributed by atoms with Crippen LogP contribution in [0.25, 0.3) is 10.9 Å². The Bertz CT molecular complexity index is 1220. The van der Waals surface area contributed by atoms with E-state index < -0.39 is 10.0 Å². The number of amides is 1. The lowest BCUT2D eigenvalue weighted by atomic mass is 10.0. The number of rotatable bonds is 3. The van der Waals surface area contributed by atoms with Crippen LogP contribution >= 0.6 is 0 Å². The van der Waals surface area contributed by atoms with Crippen LogP contribution in [-0.4, -0.2) is 48.1 Å². The summed E-state index contributed by atoms with van der Waals surface area (Å²) in [6, 6.07) is 14.7. The molecule has 0 atom stereocenters. The predicted molar refractivity (Wildman–Crippen MR) is 120 cm³/mol. The summed E-state index contributed by atoms with van der Waals surface area (Å²) < 4.78 is 27.9. The van der Waals surface area contributed by atoms with Gasteiger partial charge >= 0.3 is 0 Å². The molecule has 31 heavy (non-hydrogen) atoms. The van der Waals surface area contributed by atoms with Gasteiger partial charge in [0.2, 0.25) is 10.0 Å². The number of para-hydroxylation sites is 1. The molecule has 0 spiro atoms. The normalized spacial score (nSPS) is 18.0. The van der Waals surface area contributed by atoms with E-state index in [2.05, 4.69) is 17.1 Å². The first-order valence-electron chi connectivity index (χ1n) is 11.0. The summed E-state index contributed by atoms with van der Waals surface area (Å²) in [5, 5.41) is 1.15. The van der Waals surface area contributed by atoms with Gasteiger partial charge in [-0.25, -0.2) is 8.42 Å². The minimum atomic E-state index is -3.58. The number of nitrogens with one attached hydrogen (secondary N) is 1. The van der Waals surface area contributed by atoms with Crippen LogP contribution in [0, 0.1) is 0 Å². The van der Waals surface area contributed by atoms with Gasteiger partial charge in [0.25, 0.3) is 5.91 Å². The molecule has 0 bridgehead atoms. The van der Waals surface area contributed by atoms with Gasteiger partial charge in [-0.15, -0.1) is 0 Å². The fourth-order valence-corrected chi connectivity index (χ4v) is 6.31. The molecule has 1 N–H and O–H groups in total. The van der Waals surface area contributed by atoms with Crippen LogP contribution in [0.4, 0.5) is 0 Å². The number of carbonyl (C=O) groups excluding carboxylic acids is 1. The highest BCUT2D eigenvalue weighted by atomic mass is 32.2. The summed E-state index contributed by atoms with van der Waals surface area (Å²) in [5.74, 6) is -0.121. The van der Waals surface area contributed by atoms with Crippen molar-refractivity contribution < 1.29 is 13.2 Å². The SMILES string of the molecule is O=C(c1cccc(S(=O)(=O)N2CCCCCC2)c1)N1CCc2[nH]c3ccccc3c2C1. The Balaban J connectivity index is 1.40. The number of aromatic nitrogens is 1. The highest BCUT2D eigenvalue weighted by Crippen LogP contribution is 2.29. The summed E-state index contributed by atoms with van der Waals surface area (Å²) in [4.78, 5) is 18.8. The van der Waals surface area contributed by atoms with Gasteiger partial charge in [-0.05, 0) is 37.1 Å². The smallest absolute Gasteiger partial charge is 0.254 e. The number of carbonyl (C=O) groups is 1. The topological polar surface area (TPSA) is 73.5 Å². The van der Waals surface area contributed by atoms with Crippen molar-refractivity contribution in [3.05, 3.63) is 65.4 Å². The number of fused-ring (bicyclic) bond motifs is 3. The van der Waals surface area contributed by atoms with Crippen LogP contribution in [0.5, 0.6) is 0 Å². The number of nitrogens with zero attached hydrogens (tertiary/aromatic N) is 2. The molecule has 0 aliphatic carbocycles. The van der Waals surface area contributed by atoms with Gasteiger partial charge < -0.3 is 9.88 Å². The van der Waals surface area contributed by atoms with E-state index in [1.807, 2.05) is 17.0 Å². The van der Waals surface area contributed by atoms with Gasteiger partial charge in [0.1, 0.15) is 0 Å². The zero-order chi connectivity index (χ0) is 21.4. The van der Waals surface area contributed by atoms with Crippen molar-refractivity contribution in [3.8, 4) is 0 Å². The van der Waals surface area contributed by atoms with E-state index in [1.165, 1.54) is 5.69 Å². The van der Waals surface area contributed by atoms with Crippen molar-refractivity contribution in [1.29, 1.82) is 0 Å². The van der Waals surface area contributed by atoms with Gasteiger partial charge in [0.15, 0.2) is 0 Å². The van der Waals surface area contributed by atoms with Crippen LogP contribution in [-0.2, 0) is 23.0 Å². The maximum absolute atomic E-state index is 13.3. The van der Waals surface area contributed by atoms with E-state index in [-0.39, 0.29) is 10.8 Å². The number of aromatic amines is 1. The summed E-state index contributed by atoms with van der Waals surface area (Å²) in [5.41, 5.74) is 3.86. The second-order valence-corrected chi connectivity index (χ2v) is 10.4. The molecule has 2 aromatic carbocycles.